The second kappa shape index (κ2) is 11.1. The largest absolute Gasteiger partial charge is 0.379 e. The predicted molar refractivity (Wildman–Crippen MR) is 118 cm³/mol. The van der Waals surface area contributed by atoms with E-state index in [4.69, 9.17) is 4.74 Å². The van der Waals surface area contributed by atoms with Crippen LogP contribution in [0.3, 0.4) is 0 Å². The number of thiophene rings is 1. The van der Waals surface area contributed by atoms with E-state index < -0.39 is 0 Å². The molecule has 0 spiro atoms. The van der Waals surface area contributed by atoms with Crippen molar-refractivity contribution in [2.45, 2.75) is 45.2 Å². The maximum absolute atomic E-state index is 5.57. The van der Waals surface area contributed by atoms with Gasteiger partial charge in [-0.1, -0.05) is 6.92 Å². The zero-order chi connectivity index (χ0) is 19.8. The molecule has 0 aliphatic carbocycles. The highest BCUT2D eigenvalue weighted by atomic mass is 32.1. The van der Waals surface area contributed by atoms with Gasteiger partial charge in [-0.3, -0.25) is 9.89 Å². The normalized spacial score (nSPS) is 21.6. The summed E-state index contributed by atoms with van der Waals surface area (Å²) < 4.78 is 5.57. The fraction of sp³-hybridized carbons (Fsp3) is 0.762. The molecule has 3 rings (SSSR count). The Bertz CT molecular complexity index is 606. The minimum atomic E-state index is 0.368. The number of hydrogen-bond donors (Lipinski definition) is 2. The van der Waals surface area contributed by atoms with Crippen molar-refractivity contribution in [3.05, 3.63) is 21.9 Å². The molecule has 1 aromatic heterocycles. The van der Waals surface area contributed by atoms with Crippen molar-refractivity contribution in [1.29, 1.82) is 0 Å². The first-order valence-electron chi connectivity index (χ1n) is 10.8. The Kier molecular flexibility index (Phi) is 8.58. The molecule has 0 amide bonds. The lowest BCUT2D eigenvalue weighted by atomic mass is 10.1. The fourth-order valence-electron chi connectivity index (χ4n) is 4.13. The van der Waals surface area contributed by atoms with Gasteiger partial charge in [0.2, 0.25) is 0 Å². The first-order chi connectivity index (χ1) is 13.7. The number of nitrogens with one attached hydrogen (secondary N) is 2. The van der Waals surface area contributed by atoms with Crippen molar-refractivity contribution in [2.24, 2.45) is 4.99 Å². The van der Waals surface area contributed by atoms with Crippen LogP contribution in [0.25, 0.3) is 0 Å². The number of rotatable bonds is 7. The van der Waals surface area contributed by atoms with E-state index in [0.717, 1.165) is 38.8 Å². The van der Waals surface area contributed by atoms with Crippen molar-refractivity contribution in [3.63, 3.8) is 0 Å². The summed E-state index contributed by atoms with van der Waals surface area (Å²) in [6.07, 6.45) is 3.63. The van der Waals surface area contributed by atoms with Crippen LogP contribution in [0.5, 0.6) is 0 Å². The van der Waals surface area contributed by atoms with Crippen LogP contribution in [-0.4, -0.2) is 81.3 Å². The van der Waals surface area contributed by atoms with E-state index in [1.807, 2.05) is 18.4 Å². The summed E-state index contributed by atoms with van der Waals surface area (Å²) >= 11 is 1.90. The number of piperidine rings is 1. The lowest BCUT2D eigenvalue weighted by Crippen LogP contribution is -2.50. The first-order valence-corrected chi connectivity index (χ1v) is 11.6. The summed E-state index contributed by atoms with van der Waals surface area (Å²) in [6, 6.07) is 5.39. The lowest BCUT2D eigenvalue weighted by molar-refractivity contribution is 0.0177. The molecule has 3 heterocycles. The second-order valence-electron chi connectivity index (χ2n) is 7.83. The predicted octanol–water partition coefficient (Wildman–Crippen LogP) is 2.47. The van der Waals surface area contributed by atoms with Crippen LogP contribution in [0, 0.1) is 6.92 Å². The molecule has 0 radical (unpaired) electrons. The summed E-state index contributed by atoms with van der Waals surface area (Å²) in [5.74, 6) is 0.931. The van der Waals surface area contributed by atoms with Crippen LogP contribution in [-0.2, 0) is 4.74 Å². The van der Waals surface area contributed by atoms with Gasteiger partial charge in [0.15, 0.2) is 5.96 Å². The molecule has 158 valence electrons. The summed E-state index contributed by atoms with van der Waals surface area (Å²) in [5, 5.41) is 7.26. The van der Waals surface area contributed by atoms with Crippen LogP contribution >= 0.6 is 11.3 Å². The summed E-state index contributed by atoms with van der Waals surface area (Å²) in [5.41, 5.74) is 0. The monoisotopic (exact) mass is 407 g/mol. The molecule has 2 saturated heterocycles. The smallest absolute Gasteiger partial charge is 0.191 e. The maximum Gasteiger partial charge on any atom is 0.191 e. The third-order valence-corrected chi connectivity index (χ3v) is 6.83. The Hall–Kier alpha value is -1.15. The third-order valence-electron chi connectivity index (χ3n) is 5.73. The molecule has 2 fully saturated rings. The van der Waals surface area contributed by atoms with E-state index in [1.165, 1.54) is 48.7 Å². The van der Waals surface area contributed by atoms with E-state index in [-0.39, 0.29) is 0 Å². The molecule has 7 heteroatoms. The first kappa shape index (κ1) is 21.6. The zero-order valence-corrected chi connectivity index (χ0v) is 18.6. The molecular weight excluding hydrogens is 370 g/mol. The SMILES string of the molecule is CCCN1CCC(NC(=NC)NCC(c2ccc(C)s2)N2CCOCC2)CC1. The van der Waals surface area contributed by atoms with Gasteiger partial charge in [-0.25, -0.2) is 0 Å². The van der Waals surface area contributed by atoms with Crippen LogP contribution in [0.1, 0.15) is 42.0 Å². The number of morpholine rings is 1. The number of guanidine groups is 1. The highest BCUT2D eigenvalue weighted by Crippen LogP contribution is 2.27. The van der Waals surface area contributed by atoms with E-state index in [1.54, 1.807) is 0 Å². The van der Waals surface area contributed by atoms with Crippen molar-refractivity contribution in [2.75, 3.05) is 59.5 Å². The van der Waals surface area contributed by atoms with E-state index in [9.17, 15) is 0 Å². The van der Waals surface area contributed by atoms with Gasteiger partial charge >= 0.3 is 0 Å². The van der Waals surface area contributed by atoms with Gasteiger partial charge in [0.1, 0.15) is 0 Å². The average Bonchev–Trinajstić information content (AvgIpc) is 3.15. The molecular formula is C21H37N5OS. The number of aryl methyl sites for hydroxylation is 1. The Morgan fingerprint density at radius 1 is 1.25 bits per heavy atom. The standard InChI is InChI=1S/C21H37N5OS/c1-4-9-25-10-7-18(8-11-25)24-21(22-3)23-16-19(20-6-5-17(2)28-20)26-12-14-27-15-13-26/h5-6,18-19H,4,7-16H2,1-3H3,(H2,22,23,24). The van der Waals surface area contributed by atoms with Gasteiger partial charge in [-0.2, -0.15) is 0 Å². The maximum atomic E-state index is 5.57. The van der Waals surface area contributed by atoms with E-state index in [2.05, 4.69) is 51.4 Å². The van der Waals surface area contributed by atoms with Crippen LogP contribution in [0.4, 0.5) is 0 Å². The molecule has 2 aliphatic rings. The van der Waals surface area contributed by atoms with Crippen molar-refractivity contribution in [1.82, 2.24) is 20.4 Å². The number of aliphatic imine (C=N–C) groups is 1. The van der Waals surface area contributed by atoms with Gasteiger partial charge < -0.3 is 20.3 Å². The minimum Gasteiger partial charge on any atom is -0.379 e. The lowest BCUT2D eigenvalue weighted by Gasteiger charge is -2.35. The molecule has 6 nitrogen and oxygen atoms in total. The Labute approximate surface area is 174 Å². The zero-order valence-electron chi connectivity index (χ0n) is 17.7. The highest BCUT2D eigenvalue weighted by Gasteiger charge is 2.25. The van der Waals surface area contributed by atoms with Crippen LogP contribution < -0.4 is 10.6 Å². The summed E-state index contributed by atoms with van der Waals surface area (Å²) in [7, 11) is 1.88. The number of likely N-dealkylation sites (tertiary alicyclic amines) is 1. The van der Waals surface area contributed by atoms with Gasteiger partial charge in [0.05, 0.1) is 19.3 Å². The topological polar surface area (TPSA) is 52.1 Å². The number of nitrogens with zero attached hydrogens (tertiary/aromatic N) is 3. The molecule has 1 unspecified atom stereocenters. The molecule has 0 saturated carbocycles. The van der Waals surface area contributed by atoms with Crippen LogP contribution in [0.15, 0.2) is 17.1 Å². The minimum absolute atomic E-state index is 0.368. The molecule has 28 heavy (non-hydrogen) atoms. The molecule has 1 atom stereocenters. The Morgan fingerprint density at radius 2 is 2.00 bits per heavy atom. The summed E-state index contributed by atoms with van der Waals surface area (Å²) in [4.78, 5) is 12.4. The van der Waals surface area contributed by atoms with Crippen molar-refractivity contribution in [3.8, 4) is 0 Å². The van der Waals surface area contributed by atoms with Crippen molar-refractivity contribution < 1.29 is 4.74 Å². The average molecular weight is 408 g/mol. The van der Waals surface area contributed by atoms with E-state index in [0.29, 0.717) is 12.1 Å². The molecule has 2 aliphatic heterocycles. The van der Waals surface area contributed by atoms with Gasteiger partial charge in [-0.15, -0.1) is 11.3 Å². The van der Waals surface area contributed by atoms with E-state index >= 15 is 0 Å². The second-order valence-corrected chi connectivity index (χ2v) is 9.15. The van der Waals surface area contributed by atoms with Crippen LogP contribution in [0.2, 0.25) is 0 Å². The van der Waals surface area contributed by atoms with Gasteiger partial charge in [-0.05, 0) is 44.9 Å². The number of ether oxygens (including phenoxy) is 1. The molecule has 1 aromatic rings. The Balaban J connectivity index is 1.54. The molecule has 2 N–H and O–H groups in total. The van der Waals surface area contributed by atoms with Crippen molar-refractivity contribution >= 4 is 17.3 Å². The molecule has 0 aromatic carbocycles. The highest BCUT2D eigenvalue weighted by molar-refractivity contribution is 7.12. The Morgan fingerprint density at radius 3 is 2.61 bits per heavy atom. The quantitative estimate of drug-likeness (QED) is 0.537. The number of hydrogen-bond acceptors (Lipinski definition) is 5. The van der Waals surface area contributed by atoms with Gasteiger partial charge in [0, 0.05) is 55.6 Å². The third kappa shape index (κ3) is 6.17. The molecule has 0 bridgehead atoms. The fourth-order valence-corrected chi connectivity index (χ4v) is 5.14. The summed E-state index contributed by atoms with van der Waals surface area (Å²) in [6.45, 7) is 12.5. The van der Waals surface area contributed by atoms with Gasteiger partial charge in [0.25, 0.3) is 0 Å².